The van der Waals surface area contributed by atoms with Crippen molar-refractivity contribution in [1.29, 1.82) is 0 Å². The molecule has 0 spiro atoms. The lowest BCUT2D eigenvalue weighted by Gasteiger charge is -2.17. The molecule has 0 saturated carbocycles. The summed E-state index contributed by atoms with van der Waals surface area (Å²) < 4.78 is 24.8. The number of nitrogens with zero attached hydrogens (tertiary/aromatic N) is 1. The van der Waals surface area contributed by atoms with Crippen LogP contribution in [-0.4, -0.2) is 39.1 Å². The molecule has 0 amide bonds. The summed E-state index contributed by atoms with van der Waals surface area (Å²) in [6.45, 7) is 0.432. The number of nitrogens with one attached hydrogen (secondary N) is 1. The maximum absolute atomic E-state index is 11.8. The van der Waals surface area contributed by atoms with Crippen LogP contribution in [0, 0.1) is 0 Å². The van der Waals surface area contributed by atoms with Gasteiger partial charge in [0.25, 0.3) is 0 Å². The molecule has 2 aromatic heterocycles. The summed E-state index contributed by atoms with van der Waals surface area (Å²) in [4.78, 5) is 2.41. The molecule has 1 N–H and O–H groups in total. The predicted molar refractivity (Wildman–Crippen MR) is 86.0 cm³/mol. The fraction of sp³-hybridized carbons (Fsp3) is 0.385. The Morgan fingerprint density at radius 1 is 1.15 bits per heavy atom. The summed E-state index contributed by atoms with van der Waals surface area (Å²) in [5.41, 5.74) is 0. The normalized spacial score (nSPS) is 12.4. The van der Waals surface area contributed by atoms with Crippen LogP contribution in [0.15, 0.2) is 35.0 Å². The molecule has 0 aliphatic rings. The van der Waals surface area contributed by atoms with Crippen LogP contribution in [0.25, 0.3) is 0 Å². The van der Waals surface area contributed by atoms with E-state index in [-0.39, 0.29) is 11.8 Å². The van der Waals surface area contributed by atoms with Gasteiger partial charge in [-0.3, -0.25) is 0 Å². The summed E-state index contributed by atoms with van der Waals surface area (Å²) >= 11 is 3.36. The highest BCUT2D eigenvalue weighted by atomic mass is 32.2. The number of rotatable bonds is 7. The third-order valence-electron chi connectivity index (χ3n) is 2.92. The van der Waals surface area contributed by atoms with Crippen LogP contribution in [0.4, 0.5) is 0 Å². The van der Waals surface area contributed by atoms with Crippen molar-refractivity contribution in [3.8, 4) is 0 Å². The highest BCUT2D eigenvalue weighted by Crippen LogP contribution is 2.28. The number of hydrogen-bond donors (Lipinski definition) is 1. The molecule has 0 aliphatic heterocycles. The average molecular weight is 331 g/mol. The van der Waals surface area contributed by atoms with Gasteiger partial charge in [0, 0.05) is 30.4 Å². The minimum atomic E-state index is -3.15. The van der Waals surface area contributed by atoms with E-state index in [0.717, 1.165) is 0 Å². The Bertz CT molecular complexity index is 570. The van der Waals surface area contributed by atoms with E-state index in [1.165, 1.54) is 14.1 Å². The van der Waals surface area contributed by atoms with Crippen molar-refractivity contribution in [1.82, 2.24) is 9.62 Å². The third-order valence-corrected chi connectivity index (χ3v) is 6.63. The molecule has 0 saturated heterocycles. The zero-order valence-corrected chi connectivity index (χ0v) is 13.9. The van der Waals surface area contributed by atoms with E-state index < -0.39 is 10.0 Å². The zero-order chi connectivity index (χ0) is 14.6. The van der Waals surface area contributed by atoms with Crippen molar-refractivity contribution >= 4 is 32.7 Å². The van der Waals surface area contributed by atoms with Crippen molar-refractivity contribution < 1.29 is 8.42 Å². The Labute approximate surface area is 128 Å². The Kier molecular flexibility index (Phi) is 5.34. The van der Waals surface area contributed by atoms with Crippen molar-refractivity contribution in [3.05, 3.63) is 44.8 Å². The second-order valence-electron chi connectivity index (χ2n) is 4.52. The van der Waals surface area contributed by atoms with E-state index in [9.17, 15) is 8.42 Å². The fourth-order valence-electron chi connectivity index (χ4n) is 1.77. The summed E-state index contributed by atoms with van der Waals surface area (Å²) in [7, 11) is -0.0321. The Hall–Kier alpha value is -0.730. The van der Waals surface area contributed by atoms with E-state index in [0.29, 0.717) is 6.54 Å². The molecule has 0 bridgehead atoms. The van der Waals surface area contributed by atoms with Crippen molar-refractivity contribution in [2.24, 2.45) is 0 Å². The van der Waals surface area contributed by atoms with Gasteiger partial charge in [0.15, 0.2) is 0 Å². The first-order valence-corrected chi connectivity index (χ1v) is 9.58. The average Bonchev–Trinajstić information content (AvgIpc) is 3.07. The van der Waals surface area contributed by atoms with Gasteiger partial charge in [-0.15, -0.1) is 22.7 Å². The van der Waals surface area contributed by atoms with Gasteiger partial charge in [-0.05, 0) is 22.9 Å². The van der Waals surface area contributed by atoms with Gasteiger partial charge in [0.1, 0.15) is 0 Å². The van der Waals surface area contributed by atoms with Crippen LogP contribution in [0.2, 0.25) is 0 Å². The van der Waals surface area contributed by atoms with Crippen LogP contribution >= 0.6 is 22.7 Å². The maximum Gasteiger partial charge on any atom is 0.214 e. The number of hydrogen-bond acceptors (Lipinski definition) is 5. The minimum Gasteiger partial charge on any atom is -0.304 e. The summed E-state index contributed by atoms with van der Waals surface area (Å²) in [6, 6.07) is 8.25. The molecular weight excluding hydrogens is 312 g/mol. The van der Waals surface area contributed by atoms with Gasteiger partial charge in [0.2, 0.25) is 10.0 Å². The van der Waals surface area contributed by atoms with Gasteiger partial charge < -0.3 is 5.32 Å². The highest BCUT2D eigenvalue weighted by Gasteiger charge is 2.18. The molecule has 0 radical (unpaired) electrons. The van der Waals surface area contributed by atoms with Gasteiger partial charge in [-0.25, -0.2) is 12.7 Å². The van der Waals surface area contributed by atoms with Gasteiger partial charge >= 0.3 is 0 Å². The molecule has 2 rings (SSSR count). The maximum atomic E-state index is 11.8. The highest BCUT2D eigenvalue weighted by molar-refractivity contribution is 7.89. The van der Waals surface area contributed by atoms with Crippen LogP contribution in [0.3, 0.4) is 0 Å². The SMILES string of the molecule is CN(C)S(=O)(=O)CCNC(c1cccs1)c1cccs1. The monoisotopic (exact) mass is 330 g/mol. The van der Waals surface area contributed by atoms with Crippen molar-refractivity contribution in [2.75, 3.05) is 26.4 Å². The van der Waals surface area contributed by atoms with E-state index in [1.807, 2.05) is 22.9 Å². The quantitative estimate of drug-likeness (QED) is 0.848. The van der Waals surface area contributed by atoms with Gasteiger partial charge in [-0.1, -0.05) is 12.1 Å². The summed E-state index contributed by atoms with van der Waals surface area (Å²) in [5.74, 6) is 0.104. The van der Waals surface area contributed by atoms with Crippen LogP contribution < -0.4 is 5.32 Å². The van der Waals surface area contributed by atoms with E-state index in [1.54, 1.807) is 36.8 Å². The Morgan fingerprint density at radius 3 is 2.10 bits per heavy atom. The van der Waals surface area contributed by atoms with Gasteiger partial charge in [0.05, 0.1) is 11.8 Å². The lowest BCUT2D eigenvalue weighted by Crippen LogP contribution is -2.32. The van der Waals surface area contributed by atoms with Crippen molar-refractivity contribution in [3.63, 3.8) is 0 Å². The van der Waals surface area contributed by atoms with E-state index in [4.69, 9.17) is 0 Å². The summed E-state index contributed by atoms with van der Waals surface area (Å²) in [6.07, 6.45) is 0. The molecule has 0 aliphatic carbocycles. The molecule has 7 heteroatoms. The third kappa shape index (κ3) is 3.89. The molecule has 0 atom stereocenters. The summed E-state index contributed by atoms with van der Waals surface area (Å²) in [5, 5.41) is 7.42. The van der Waals surface area contributed by atoms with Crippen LogP contribution in [-0.2, 0) is 10.0 Å². The fourth-order valence-corrected chi connectivity index (χ4v) is 4.22. The molecule has 0 unspecified atom stereocenters. The van der Waals surface area contributed by atoms with Crippen molar-refractivity contribution in [2.45, 2.75) is 6.04 Å². The zero-order valence-electron chi connectivity index (χ0n) is 11.4. The number of thiophene rings is 2. The lowest BCUT2D eigenvalue weighted by molar-refractivity contribution is 0.515. The molecule has 2 aromatic rings. The second-order valence-corrected chi connectivity index (χ2v) is 8.78. The molecule has 110 valence electrons. The first-order chi connectivity index (χ1) is 9.50. The van der Waals surface area contributed by atoms with Crippen LogP contribution in [0.1, 0.15) is 15.8 Å². The lowest BCUT2D eigenvalue weighted by atomic mass is 10.2. The van der Waals surface area contributed by atoms with E-state index in [2.05, 4.69) is 17.4 Å². The topological polar surface area (TPSA) is 49.4 Å². The standard InChI is InChI=1S/C13H18N2O2S3/c1-15(2)20(16,17)10-7-14-13(11-5-3-8-18-11)12-6-4-9-19-12/h3-6,8-9,13-14H,7,10H2,1-2H3. The largest absolute Gasteiger partial charge is 0.304 e. The van der Waals surface area contributed by atoms with E-state index >= 15 is 0 Å². The smallest absolute Gasteiger partial charge is 0.214 e. The Morgan fingerprint density at radius 2 is 1.70 bits per heavy atom. The molecule has 20 heavy (non-hydrogen) atoms. The predicted octanol–water partition coefficient (Wildman–Crippen LogP) is 2.38. The first kappa shape index (κ1) is 15.7. The minimum absolute atomic E-state index is 0.0763. The van der Waals surface area contributed by atoms with Gasteiger partial charge in [-0.2, -0.15) is 0 Å². The molecular formula is C13H18N2O2S3. The Balaban J connectivity index is 2.04. The molecule has 2 heterocycles. The molecule has 4 nitrogen and oxygen atoms in total. The second kappa shape index (κ2) is 6.82. The number of sulfonamides is 1. The molecule has 0 fully saturated rings. The van der Waals surface area contributed by atoms with Crippen LogP contribution in [0.5, 0.6) is 0 Å². The first-order valence-electron chi connectivity index (χ1n) is 6.21. The molecule has 0 aromatic carbocycles.